The molecule has 9 nitrogen and oxygen atoms in total. The van der Waals surface area contributed by atoms with Crippen LogP contribution in [0.5, 0.6) is 5.88 Å². The first-order valence-corrected chi connectivity index (χ1v) is 13.7. The zero-order valence-electron chi connectivity index (χ0n) is 24.9. The minimum atomic E-state index is -1.59. The molecular formula is C31H42N6O3. The number of pyridine rings is 1. The predicted octanol–water partition coefficient (Wildman–Crippen LogP) is 5.38. The molecule has 2 aromatic heterocycles. The van der Waals surface area contributed by atoms with E-state index in [0.717, 1.165) is 19.3 Å². The Morgan fingerprint density at radius 3 is 2.45 bits per heavy atom. The number of carbonyl (C=O) groups excluding carboxylic acids is 1. The fourth-order valence-corrected chi connectivity index (χ4v) is 4.64. The second kappa shape index (κ2) is 13.5. The average molecular weight is 547 g/mol. The normalized spacial score (nSPS) is 14.7. The highest BCUT2D eigenvalue weighted by Gasteiger charge is 2.37. The van der Waals surface area contributed by atoms with Crippen molar-refractivity contribution in [3.8, 4) is 5.88 Å². The van der Waals surface area contributed by atoms with Crippen LogP contribution < -0.4 is 10.1 Å². The minimum absolute atomic E-state index is 0.113. The van der Waals surface area contributed by atoms with E-state index in [9.17, 15) is 9.90 Å². The molecule has 0 spiro atoms. The van der Waals surface area contributed by atoms with Crippen LogP contribution in [0.3, 0.4) is 0 Å². The average Bonchev–Trinajstić information content (AvgIpc) is 3.38. The Bertz CT molecular complexity index is 1360. The van der Waals surface area contributed by atoms with Crippen LogP contribution in [0, 0.1) is 18.8 Å². The Balaban J connectivity index is 1.94. The maximum absolute atomic E-state index is 13.3. The van der Waals surface area contributed by atoms with E-state index in [4.69, 9.17) is 9.73 Å². The number of methoxy groups -OCH3 is 1. The number of aryl methyl sites for hydroxylation is 2. The molecule has 0 aliphatic rings. The standard InChI is InChI=1S/C31H42N6O3/c1-20(2)13-12-14-21(3)27(32-6)34-29(38)25-19-22(4)28(35-30(25)40-8)33-23(5)31(39,24-15-10-9-11-16-24)26-17-18-37(7)36-26/h9-11,15-21,39H,12-14H2,1-8H3,(H,32,34,38). The van der Waals surface area contributed by atoms with Crippen LogP contribution in [0.1, 0.15) is 74.1 Å². The van der Waals surface area contributed by atoms with Gasteiger partial charge in [-0.3, -0.25) is 14.5 Å². The van der Waals surface area contributed by atoms with E-state index in [1.54, 1.807) is 44.0 Å². The van der Waals surface area contributed by atoms with Gasteiger partial charge in [-0.25, -0.2) is 4.99 Å². The lowest BCUT2D eigenvalue weighted by molar-refractivity contribution is 0.0971. The quantitative estimate of drug-likeness (QED) is 0.248. The molecule has 40 heavy (non-hydrogen) atoms. The van der Waals surface area contributed by atoms with Crippen molar-refractivity contribution in [1.82, 2.24) is 20.1 Å². The number of carbonyl (C=O) groups is 1. The molecule has 2 atom stereocenters. The summed E-state index contributed by atoms with van der Waals surface area (Å²) in [5.41, 5.74) is 0.805. The number of aliphatic imine (C=N–C) groups is 2. The van der Waals surface area contributed by atoms with Crippen molar-refractivity contribution in [2.75, 3.05) is 14.2 Å². The van der Waals surface area contributed by atoms with E-state index >= 15 is 0 Å². The lowest BCUT2D eigenvalue weighted by Gasteiger charge is -2.27. The molecule has 0 saturated heterocycles. The molecule has 3 rings (SSSR count). The SMILES string of the molecule is CN=C(NC(=O)c1cc(C)c(N=C(C)C(O)(c2ccccc2)c2ccn(C)n2)nc1OC)C(C)CCCC(C)C. The Hall–Kier alpha value is -3.85. The highest BCUT2D eigenvalue weighted by molar-refractivity contribution is 6.08. The first kappa shape index (κ1) is 30.7. The molecule has 0 fully saturated rings. The van der Waals surface area contributed by atoms with Crippen molar-refractivity contribution in [3.05, 3.63) is 71.0 Å². The summed E-state index contributed by atoms with van der Waals surface area (Å²) in [5.74, 6) is 1.52. The Labute approximate surface area is 237 Å². The molecule has 0 bridgehead atoms. The largest absolute Gasteiger partial charge is 0.480 e. The molecule has 214 valence electrons. The summed E-state index contributed by atoms with van der Waals surface area (Å²) in [4.78, 5) is 26.9. The summed E-state index contributed by atoms with van der Waals surface area (Å²) >= 11 is 0. The van der Waals surface area contributed by atoms with E-state index in [0.29, 0.717) is 40.1 Å². The van der Waals surface area contributed by atoms with Gasteiger partial charge in [-0.05, 0) is 49.4 Å². The number of hydrogen-bond acceptors (Lipinski definition) is 7. The van der Waals surface area contributed by atoms with Gasteiger partial charge in [0, 0.05) is 26.2 Å². The van der Waals surface area contributed by atoms with Gasteiger partial charge in [0.05, 0.1) is 12.8 Å². The highest BCUT2D eigenvalue weighted by Crippen LogP contribution is 2.33. The monoisotopic (exact) mass is 546 g/mol. The Morgan fingerprint density at radius 2 is 1.88 bits per heavy atom. The number of nitrogens with one attached hydrogen (secondary N) is 1. The predicted molar refractivity (Wildman–Crippen MR) is 160 cm³/mol. The summed E-state index contributed by atoms with van der Waals surface area (Å²) in [6.45, 7) is 10.0. The number of amidine groups is 1. The van der Waals surface area contributed by atoms with Crippen molar-refractivity contribution >= 4 is 23.3 Å². The van der Waals surface area contributed by atoms with Crippen LogP contribution in [-0.4, -0.2) is 51.5 Å². The van der Waals surface area contributed by atoms with Crippen molar-refractivity contribution in [2.45, 2.75) is 59.5 Å². The molecular weight excluding hydrogens is 504 g/mol. The highest BCUT2D eigenvalue weighted by atomic mass is 16.5. The zero-order valence-corrected chi connectivity index (χ0v) is 24.9. The second-order valence-electron chi connectivity index (χ2n) is 10.6. The van der Waals surface area contributed by atoms with Crippen LogP contribution in [0.25, 0.3) is 0 Å². The van der Waals surface area contributed by atoms with Crippen molar-refractivity contribution in [3.63, 3.8) is 0 Å². The number of aromatic nitrogens is 3. The van der Waals surface area contributed by atoms with Crippen LogP contribution in [0.4, 0.5) is 5.82 Å². The van der Waals surface area contributed by atoms with Gasteiger partial charge >= 0.3 is 0 Å². The molecule has 2 N–H and O–H groups in total. The number of hydrogen-bond donors (Lipinski definition) is 2. The lowest BCUT2D eigenvalue weighted by atomic mass is 9.86. The van der Waals surface area contributed by atoms with E-state index in [-0.39, 0.29) is 23.3 Å². The second-order valence-corrected chi connectivity index (χ2v) is 10.6. The van der Waals surface area contributed by atoms with E-state index in [1.165, 1.54) is 7.11 Å². The minimum Gasteiger partial charge on any atom is -0.480 e. The third-order valence-corrected chi connectivity index (χ3v) is 7.03. The van der Waals surface area contributed by atoms with Gasteiger partial charge in [-0.15, -0.1) is 0 Å². The summed E-state index contributed by atoms with van der Waals surface area (Å²) in [6, 6.07) is 12.7. The van der Waals surface area contributed by atoms with Crippen molar-refractivity contribution in [2.24, 2.45) is 28.9 Å². The number of ether oxygens (including phenoxy) is 1. The first-order valence-electron chi connectivity index (χ1n) is 13.7. The number of nitrogens with zero attached hydrogens (tertiary/aromatic N) is 5. The summed E-state index contributed by atoms with van der Waals surface area (Å²) < 4.78 is 7.14. The molecule has 0 aliphatic heterocycles. The fraction of sp³-hybridized carbons (Fsp3) is 0.452. The fourth-order valence-electron chi connectivity index (χ4n) is 4.64. The molecule has 2 heterocycles. The van der Waals surface area contributed by atoms with Crippen molar-refractivity contribution in [1.29, 1.82) is 0 Å². The number of aliphatic hydroxyl groups is 1. The van der Waals surface area contributed by atoms with Gasteiger partial charge in [0.1, 0.15) is 17.1 Å². The van der Waals surface area contributed by atoms with Gasteiger partial charge in [-0.2, -0.15) is 10.1 Å². The Morgan fingerprint density at radius 1 is 1.18 bits per heavy atom. The van der Waals surface area contributed by atoms with Gasteiger partial charge in [-0.1, -0.05) is 63.9 Å². The molecule has 0 aliphatic carbocycles. The maximum atomic E-state index is 13.3. The topological polar surface area (TPSA) is 114 Å². The van der Waals surface area contributed by atoms with Gasteiger partial charge in [0.15, 0.2) is 11.4 Å². The molecule has 3 aromatic rings. The summed E-state index contributed by atoms with van der Waals surface area (Å²) in [6.07, 6.45) is 4.91. The van der Waals surface area contributed by atoms with E-state index < -0.39 is 5.60 Å². The molecule has 1 amide bonds. The van der Waals surface area contributed by atoms with E-state index in [1.807, 2.05) is 37.3 Å². The third kappa shape index (κ3) is 7.01. The van der Waals surface area contributed by atoms with Crippen LogP contribution in [0.2, 0.25) is 0 Å². The molecule has 1 aromatic carbocycles. The smallest absolute Gasteiger partial charge is 0.262 e. The number of rotatable bonds is 11. The van der Waals surface area contributed by atoms with Gasteiger partial charge in [0.2, 0.25) is 5.88 Å². The molecule has 0 radical (unpaired) electrons. The molecule has 2 unspecified atom stereocenters. The number of amides is 1. The lowest BCUT2D eigenvalue weighted by Crippen LogP contribution is -2.36. The van der Waals surface area contributed by atoms with Gasteiger partial charge in [0.25, 0.3) is 5.91 Å². The van der Waals surface area contributed by atoms with E-state index in [2.05, 4.69) is 41.2 Å². The summed E-state index contributed by atoms with van der Waals surface area (Å²) in [7, 11) is 4.94. The first-order chi connectivity index (χ1) is 19.0. The van der Waals surface area contributed by atoms with Crippen LogP contribution >= 0.6 is 0 Å². The van der Waals surface area contributed by atoms with Crippen molar-refractivity contribution < 1.29 is 14.6 Å². The number of benzene rings is 1. The van der Waals surface area contributed by atoms with Crippen LogP contribution in [0.15, 0.2) is 58.6 Å². The zero-order chi connectivity index (χ0) is 29.4. The third-order valence-electron chi connectivity index (χ3n) is 7.03. The summed E-state index contributed by atoms with van der Waals surface area (Å²) in [5, 5.41) is 19.4. The maximum Gasteiger partial charge on any atom is 0.262 e. The Kier molecular flexibility index (Phi) is 10.3. The molecule has 9 heteroatoms. The van der Waals surface area contributed by atoms with Gasteiger partial charge < -0.3 is 15.2 Å². The van der Waals surface area contributed by atoms with Crippen LogP contribution in [-0.2, 0) is 12.6 Å². The molecule has 0 saturated carbocycles.